The highest BCUT2D eigenvalue weighted by atomic mass is 16.5. The number of amides is 2. The summed E-state index contributed by atoms with van der Waals surface area (Å²) in [7, 11) is 1.52. The van der Waals surface area contributed by atoms with Crippen molar-refractivity contribution in [1.29, 1.82) is 0 Å². The molecule has 198 valence electrons. The molecule has 1 aromatic carbocycles. The Labute approximate surface area is 217 Å². The maximum absolute atomic E-state index is 13.2. The van der Waals surface area contributed by atoms with Crippen LogP contribution in [0.5, 0.6) is 0 Å². The third-order valence-electron chi connectivity index (χ3n) is 7.82. The van der Waals surface area contributed by atoms with Gasteiger partial charge in [0.05, 0.1) is 6.10 Å². The molecule has 3 aliphatic rings. The number of aliphatic hydroxyl groups is 1. The van der Waals surface area contributed by atoms with Crippen molar-refractivity contribution in [2.24, 2.45) is 0 Å². The minimum absolute atomic E-state index is 0.00642. The zero-order valence-electron chi connectivity index (χ0n) is 21.4. The van der Waals surface area contributed by atoms with E-state index in [2.05, 4.69) is 44.5 Å². The average molecular weight is 509 g/mol. The third kappa shape index (κ3) is 5.92. The van der Waals surface area contributed by atoms with E-state index in [-0.39, 0.29) is 30.5 Å². The van der Waals surface area contributed by atoms with E-state index >= 15 is 0 Å². The molecule has 0 spiro atoms. The molecule has 1 aromatic heterocycles. The summed E-state index contributed by atoms with van der Waals surface area (Å²) in [6, 6.07) is 10.4. The second kappa shape index (κ2) is 11.5. The number of nitrogens with one attached hydrogen (secondary N) is 1. The lowest BCUT2D eigenvalue weighted by atomic mass is 9.94. The van der Waals surface area contributed by atoms with Gasteiger partial charge in [-0.15, -0.1) is 0 Å². The van der Waals surface area contributed by atoms with Crippen LogP contribution in [0.4, 0.5) is 5.82 Å². The lowest BCUT2D eigenvalue weighted by molar-refractivity contribution is -0.136. The number of ether oxygens (including phenoxy) is 1. The maximum Gasteiger partial charge on any atom is 0.272 e. The van der Waals surface area contributed by atoms with Crippen LogP contribution in [0.25, 0.3) is 0 Å². The highest BCUT2D eigenvalue weighted by Crippen LogP contribution is 2.26. The Balaban J connectivity index is 1.14. The largest absolute Gasteiger partial charge is 0.390 e. The highest BCUT2D eigenvalue weighted by molar-refractivity contribution is 5.93. The van der Waals surface area contributed by atoms with Gasteiger partial charge in [-0.1, -0.05) is 24.3 Å². The van der Waals surface area contributed by atoms with Crippen LogP contribution in [0.3, 0.4) is 0 Å². The Kier molecular flexibility index (Phi) is 7.97. The third-order valence-corrected chi connectivity index (χ3v) is 7.82. The summed E-state index contributed by atoms with van der Waals surface area (Å²) >= 11 is 0. The molecule has 1 unspecified atom stereocenters. The number of carbonyl (C=O) groups excluding carboxylic acids is 2. The fourth-order valence-corrected chi connectivity index (χ4v) is 5.74. The van der Waals surface area contributed by atoms with Gasteiger partial charge in [0.2, 0.25) is 5.91 Å². The molecule has 2 fully saturated rings. The van der Waals surface area contributed by atoms with E-state index in [1.165, 1.54) is 24.6 Å². The number of aliphatic hydroxyl groups excluding tert-OH is 1. The van der Waals surface area contributed by atoms with Crippen LogP contribution in [0, 0.1) is 0 Å². The van der Waals surface area contributed by atoms with Crippen molar-refractivity contribution in [2.45, 2.75) is 50.4 Å². The van der Waals surface area contributed by atoms with E-state index < -0.39 is 6.10 Å². The molecule has 3 aliphatic heterocycles. The van der Waals surface area contributed by atoms with Gasteiger partial charge in [-0.2, -0.15) is 0 Å². The summed E-state index contributed by atoms with van der Waals surface area (Å²) in [5, 5.41) is 14.4. The number of fused-ring (bicyclic) bond motifs is 1. The van der Waals surface area contributed by atoms with Gasteiger partial charge >= 0.3 is 0 Å². The standard InChI is InChI=1S/C27H36N6O4/c1-37-17-26(35)31-11-7-21(8-12-31)30-25-14-22(28-18-29-25)27(36)33-13-9-23(24(34)16-33)32-10-6-19-4-2-3-5-20(19)15-32/h2-5,14,18,21,23-24,34H,6-13,15-17H2,1H3,(H,28,29,30)/t23?,24-/m0/s1. The van der Waals surface area contributed by atoms with Gasteiger partial charge in [-0.25, -0.2) is 9.97 Å². The maximum atomic E-state index is 13.2. The Morgan fingerprint density at radius 1 is 1.05 bits per heavy atom. The molecular weight excluding hydrogens is 472 g/mol. The van der Waals surface area contributed by atoms with E-state index in [1.807, 2.05) is 4.90 Å². The van der Waals surface area contributed by atoms with Gasteiger partial charge < -0.3 is 25.0 Å². The second-order valence-electron chi connectivity index (χ2n) is 10.2. The number of likely N-dealkylation sites (tertiary alicyclic amines) is 2. The van der Waals surface area contributed by atoms with Crippen molar-refractivity contribution >= 4 is 17.6 Å². The van der Waals surface area contributed by atoms with Crippen molar-refractivity contribution < 1.29 is 19.4 Å². The summed E-state index contributed by atoms with van der Waals surface area (Å²) < 4.78 is 4.94. The predicted octanol–water partition coefficient (Wildman–Crippen LogP) is 1.16. The van der Waals surface area contributed by atoms with Crippen LogP contribution in [0.15, 0.2) is 36.7 Å². The number of hydrogen-bond donors (Lipinski definition) is 2. The van der Waals surface area contributed by atoms with Crippen LogP contribution >= 0.6 is 0 Å². The molecule has 4 heterocycles. The number of carbonyl (C=O) groups is 2. The smallest absolute Gasteiger partial charge is 0.272 e. The van der Waals surface area contributed by atoms with Gasteiger partial charge in [-0.3, -0.25) is 14.5 Å². The quantitative estimate of drug-likeness (QED) is 0.598. The van der Waals surface area contributed by atoms with Crippen molar-refractivity contribution in [3.63, 3.8) is 0 Å². The molecule has 2 N–H and O–H groups in total. The number of rotatable bonds is 6. The number of nitrogens with zero attached hydrogens (tertiary/aromatic N) is 5. The number of anilines is 1. The number of piperidine rings is 2. The van der Waals surface area contributed by atoms with Crippen LogP contribution in [0.2, 0.25) is 0 Å². The van der Waals surface area contributed by atoms with Crippen molar-refractivity contribution in [3.05, 3.63) is 53.5 Å². The molecule has 2 aromatic rings. The van der Waals surface area contributed by atoms with Gasteiger partial charge in [0.15, 0.2) is 0 Å². The molecule has 0 saturated carbocycles. The summed E-state index contributed by atoms with van der Waals surface area (Å²) in [5.41, 5.74) is 3.04. The van der Waals surface area contributed by atoms with Crippen molar-refractivity contribution in [2.75, 3.05) is 51.8 Å². The Morgan fingerprint density at radius 3 is 2.57 bits per heavy atom. The SMILES string of the molecule is COCC(=O)N1CCC(Nc2cc(C(=O)N3CCC(N4CCc5ccccc5C4)[C@@H](O)C3)ncn2)CC1. The summed E-state index contributed by atoms with van der Waals surface area (Å²) in [4.78, 5) is 39.6. The highest BCUT2D eigenvalue weighted by Gasteiger charge is 2.35. The van der Waals surface area contributed by atoms with E-state index in [1.54, 1.807) is 11.0 Å². The fraction of sp³-hybridized carbons (Fsp3) is 0.556. The fourth-order valence-electron chi connectivity index (χ4n) is 5.74. The summed E-state index contributed by atoms with van der Waals surface area (Å²) in [5.74, 6) is 0.418. The molecular formula is C27H36N6O4. The average Bonchev–Trinajstić information content (AvgIpc) is 2.93. The minimum Gasteiger partial charge on any atom is -0.390 e. The lowest BCUT2D eigenvalue weighted by Gasteiger charge is -2.43. The molecule has 10 nitrogen and oxygen atoms in total. The Bertz CT molecular complexity index is 1110. The van der Waals surface area contributed by atoms with E-state index in [0.29, 0.717) is 37.7 Å². The number of aromatic nitrogens is 2. The first-order valence-corrected chi connectivity index (χ1v) is 13.2. The summed E-state index contributed by atoms with van der Waals surface area (Å²) in [6.07, 6.45) is 4.11. The van der Waals surface area contributed by atoms with Crippen LogP contribution in [-0.2, 0) is 22.5 Å². The molecule has 5 rings (SSSR count). The lowest BCUT2D eigenvalue weighted by Crippen LogP contribution is -2.56. The number of β-amino-alcohol motifs (C(OH)–C–C–N with tert-alkyl or cyclic N) is 1. The van der Waals surface area contributed by atoms with E-state index in [0.717, 1.165) is 38.8 Å². The van der Waals surface area contributed by atoms with Gasteiger partial charge in [0.1, 0.15) is 24.4 Å². The topological polar surface area (TPSA) is 111 Å². The molecule has 2 amide bonds. The van der Waals surface area contributed by atoms with Crippen LogP contribution in [0.1, 0.15) is 40.9 Å². The molecule has 0 radical (unpaired) electrons. The number of methoxy groups -OCH3 is 1. The monoisotopic (exact) mass is 508 g/mol. The molecule has 10 heteroatoms. The van der Waals surface area contributed by atoms with Gasteiger partial charge in [-0.05, 0) is 36.8 Å². The van der Waals surface area contributed by atoms with Crippen molar-refractivity contribution in [1.82, 2.24) is 24.7 Å². The first kappa shape index (κ1) is 25.6. The Morgan fingerprint density at radius 2 is 1.81 bits per heavy atom. The predicted molar refractivity (Wildman–Crippen MR) is 138 cm³/mol. The second-order valence-corrected chi connectivity index (χ2v) is 10.2. The zero-order valence-corrected chi connectivity index (χ0v) is 21.4. The van der Waals surface area contributed by atoms with Crippen molar-refractivity contribution in [3.8, 4) is 0 Å². The molecule has 2 saturated heterocycles. The Hall–Kier alpha value is -3.08. The van der Waals surface area contributed by atoms with Crippen LogP contribution in [-0.4, -0.2) is 106 Å². The van der Waals surface area contributed by atoms with E-state index in [4.69, 9.17) is 4.74 Å². The normalized spacial score (nSPS) is 23.0. The molecule has 0 bridgehead atoms. The summed E-state index contributed by atoms with van der Waals surface area (Å²) in [6.45, 7) is 4.06. The zero-order chi connectivity index (χ0) is 25.8. The number of hydrogen-bond acceptors (Lipinski definition) is 8. The number of benzene rings is 1. The minimum atomic E-state index is -0.603. The first-order valence-electron chi connectivity index (χ1n) is 13.2. The van der Waals surface area contributed by atoms with Gasteiger partial charge in [0.25, 0.3) is 5.91 Å². The first-order chi connectivity index (χ1) is 18.0. The van der Waals surface area contributed by atoms with Crippen LogP contribution < -0.4 is 5.32 Å². The van der Waals surface area contributed by atoms with Gasteiger partial charge in [0, 0.05) is 64.5 Å². The molecule has 0 aliphatic carbocycles. The molecule has 37 heavy (non-hydrogen) atoms. The molecule has 2 atom stereocenters. The van der Waals surface area contributed by atoms with E-state index in [9.17, 15) is 14.7 Å².